The number of hydrogen-bond acceptors (Lipinski definition) is 3. The third-order valence-electron chi connectivity index (χ3n) is 3.13. The Morgan fingerprint density at radius 3 is 2.33 bits per heavy atom. The van der Waals surface area contributed by atoms with Gasteiger partial charge in [0.25, 0.3) is 0 Å². The Hall–Kier alpha value is -1.36. The van der Waals surface area contributed by atoms with Crippen LogP contribution in [0.2, 0.25) is 5.02 Å². The van der Waals surface area contributed by atoms with Crippen molar-refractivity contribution in [1.82, 2.24) is 0 Å². The zero-order chi connectivity index (χ0) is 15.2. The summed E-state index contributed by atoms with van der Waals surface area (Å²) >= 11 is 5.84. The van der Waals surface area contributed by atoms with E-state index in [0.29, 0.717) is 23.1 Å². The van der Waals surface area contributed by atoms with Crippen LogP contribution < -0.4 is 10.5 Å². The molecule has 0 aliphatic carbocycles. The molecule has 0 radical (unpaired) electrons. The predicted octanol–water partition coefficient (Wildman–Crippen LogP) is 3.26. The molecule has 2 rings (SSSR count). The Balaban J connectivity index is 2.04. The van der Waals surface area contributed by atoms with E-state index in [0.717, 1.165) is 22.4 Å². The summed E-state index contributed by atoms with van der Waals surface area (Å²) in [6.45, 7) is 0.404. The van der Waals surface area contributed by atoms with Crippen LogP contribution >= 0.6 is 11.6 Å². The summed E-state index contributed by atoms with van der Waals surface area (Å²) in [6, 6.07) is 13.2. The molecule has 0 heterocycles. The quantitative estimate of drug-likeness (QED) is 0.887. The third kappa shape index (κ3) is 4.56. The number of methoxy groups -OCH3 is 1. The lowest BCUT2D eigenvalue weighted by Crippen LogP contribution is -2.03. The van der Waals surface area contributed by atoms with Gasteiger partial charge in [0.15, 0.2) is 0 Å². The van der Waals surface area contributed by atoms with Gasteiger partial charge in [0.1, 0.15) is 5.75 Å². The van der Waals surface area contributed by atoms with Crippen LogP contribution in [-0.4, -0.2) is 11.3 Å². The predicted molar refractivity (Wildman–Crippen MR) is 87.9 cm³/mol. The molecule has 0 aromatic heterocycles. The average Bonchev–Trinajstić information content (AvgIpc) is 2.49. The molecule has 0 saturated heterocycles. The van der Waals surface area contributed by atoms with Crippen LogP contribution in [0.1, 0.15) is 16.7 Å². The van der Waals surface area contributed by atoms with Crippen LogP contribution in [0.3, 0.4) is 0 Å². The number of halogens is 1. The Morgan fingerprint density at radius 1 is 1.10 bits per heavy atom. The molecule has 0 aliphatic rings. The Bertz CT molecular complexity index is 629. The van der Waals surface area contributed by atoms with E-state index in [1.807, 2.05) is 42.5 Å². The van der Waals surface area contributed by atoms with Crippen molar-refractivity contribution in [2.45, 2.75) is 18.1 Å². The molecule has 2 aromatic rings. The molecule has 0 aliphatic heterocycles. The molecule has 2 aromatic carbocycles. The Morgan fingerprint density at radius 2 is 1.71 bits per heavy atom. The van der Waals surface area contributed by atoms with Crippen molar-refractivity contribution in [3.05, 3.63) is 64.2 Å². The van der Waals surface area contributed by atoms with Gasteiger partial charge in [-0.05, 0) is 35.4 Å². The molecule has 1 atom stereocenters. The molecule has 0 amide bonds. The molecule has 1 unspecified atom stereocenters. The second-order valence-corrected chi connectivity index (χ2v) is 6.60. The van der Waals surface area contributed by atoms with E-state index in [1.165, 1.54) is 0 Å². The van der Waals surface area contributed by atoms with Crippen molar-refractivity contribution in [2.24, 2.45) is 5.73 Å². The van der Waals surface area contributed by atoms with Crippen molar-refractivity contribution < 1.29 is 8.95 Å². The van der Waals surface area contributed by atoms with Gasteiger partial charge in [-0.15, -0.1) is 0 Å². The maximum Gasteiger partial charge on any atom is 0.123 e. The minimum Gasteiger partial charge on any atom is -0.496 e. The van der Waals surface area contributed by atoms with Crippen molar-refractivity contribution in [3.63, 3.8) is 0 Å². The summed E-state index contributed by atoms with van der Waals surface area (Å²) in [5.41, 5.74) is 8.65. The molecular weight excluding hydrogens is 306 g/mol. The number of hydrogen-bond donors (Lipinski definition) is 1. The number of nitrogens with two attached hydrogens (primary N) is 1. The van der Waals surface area contributed by atoms with E-state index in [2.05, 4.69) is 0 Å². The standard InChI is InChI=1S/C16H18ClNO2S/c1-20-16-7-4-13(8-14(16)9-18)11-21(19)10-12-2-5-15(17)6-3-12/h2-8H,9-11,18H2,1H3. The van der Waals surface area contributed by atoms with Gasteiger partial charge < -0.3 is 10.5 Å². The lowest BCUT2D eigenvalue weighted by Gasteiger charge is -2.09. The van der Waals surface area contributed by atoms with Gasteiger partial charge in [0.05, 0.1) is 7.11 Å². The lowest BCUT2D eigenvalue weighted by molar-refractivity contribution is 0.409. The summed E-state index contributed by atoms with van der Waals surface area (Å²) in [4.78, 5) is 0. The van der Waals surface area contributed by atoms with Crippen LogP contribution in [0, 0.1) is 0 Å². The van der Waals surface area contributed by atoms with Gasteiger partial charge in [-0.1, -0.05) is 29.8 Å². The summed E-state index contributed by atoms with van der Waals surface area (Å²) in [5, 5.41) is 0.687. The third-order valence-corrected chi connectivity index (χ3v) is 4.70. The van der Waals surface area contributed by atoms with Crippen molar-refractivity contribution in [3.8, 4) is 5.75 Å². The number of ether oxygens (including phenoxy) is 1. The first-order valence-corrected chi connectivity index (χ1v) is 8.44. The van der Waals surface area contributed by atoms with Crippen molar-refractivity contribution in [2.75, 3.05) is 7.11 Å². The molecule has 0 bridgehead atoms. The molecule has 0 spiro atoms. The normalized spacial score (nSPS) is 12.1. The minimum absolute atomic E-state index is 0.404. The Labute approximate surface area is 132 Å². The summed E-state index contributed by atoms with van der Waals surface area (Å²) in [5.74, 6) is 1.78. The molecule has 21 heavy (non-hydrogen) atoms. The van der Waals surface area contributed by atoms with E-state index in [4.69, 9.17) is 22.1 Å². The van der Waals surface area contributed by atoms with E-state index >= 15 is 0 Å². The zero-order valence-corrected chi connectivity index (χ0v) is 13.4. The SMILES string of the molecule is COc1ccc(CS(=O)Cc2ccc(Cl)cc2)cc1CN. The summed E-state index contributed by atoms with van der Waals surface area (Å²) < 4.78 is 17.5. The van der Waals surface area contributed by atoms with Crippen LogP contribution in [-0.2, 0) is 28.9 Å². The van der Waals surface area contributed by atoms with E-state index < -0.39 is 10.8 Å². The highest BCUT2D eigenvalue weighted by Gasteiger charge is 2.07. The van der Waals surface area contributed by atoms with Gasteiger partial charge in [0.2, 0.25) is 0 Å². The van der Waals surface area contributed by atoms with E-state index in [9.17, 15) is 4.21 Å². The smallest absolute Gasteiger partial charge is 0.123 e. The van der Waals surface area contributed by atoms with Gasteiger partial charge in [0, 0.05) is 39.4 Å². The topological polar surface area (TPSA) is 52.3 Å². The number of rotatable bonds is 6. The first kappa shape index (κ1) is 16.0. The van der Waals surface area contributed by atoms with Crippen LogP contribution in [0.4, 0.5) is 0 Å². The molecule has 5 heteroatoms. The maximum atomic E-state index is 12.2. The first-order valence-electron chi connectivity index (χ1n) is 6.57. The Kier molecular flexibility index (Phi) is 5.79. The fraction of sp³-hybridized carbons (Fsp3) is 0.250. The first-order chi connectivity index (χ1) is 10.1. The summed E-state index contributed by atoms with van der Waals surface area (Å²) in [6.07, 6.45) is 0. The highest BCUT2D eigenvalue weighted by Crippen LogP contribution is 2.21. The fourth-order valence-corrected chi connectivity index (χ4v) is 3.43. The van der Waals surface area contributed by atoms with Crippen LogP contribution in [0.15, 0.2) is 42.5 Å². The van der Waals surface area contributed by atoms with Crippen LogP contribution in [0.25, 0.3) is 0 Å². The second kappa shape index (κ2) is 7.59. The molecule has 2 N–H and O–H groups in total. The second-order valence-electron chi connectivity index (χ2n) is 4.71. The average molecular weight is 324 g/mol. The van der Waals surface area contributed by atoms with Crippen molar-refractivity contribution >= 4 is 22.4 Å². The van der Waals surface area contributed by atoms with Gasteiger partial charge >= 0.3 is 0 Å². The largest absolute Gasteiger partial charge is 0.496 e. The molecule has 112 valence electrons. The van der Waals surface area contributed by atoms with Crippen LogP contribution in [0.5, 0.6) is 5.75 Å². The fourth-order valence-electron chi connectivity index (χ4n) is 2.08. The highest BCUT2D eigenvalue weighted by molar-refractivity contribution is 7.83. The monoisotopic (exact) mass is 323 g/mol. The summed E-state index contributed by atoms with van der Waals surface area (Å²) in [7, 11) is 0.646. The minimum atomic E-state index is -0.972. The van der Waals surface area contributed by atoms with Gasteiger partial charge in [-0.2, -0.15) is 0 Å². The van der Waals surface area contributed by atoms with Crippen molar-refractivity contribution in [1.29, 1.82) is 0 Å². The molecule has 3 nitrogen and oxygen atoms in total. The van der Waals surface area contributed by atoms with Gasteiger partial charge in [-0.3, -0.25) is 4.21 Å². The van der Waals surface area contributed by atoms with E-state index in [1.54, 1.807) is 7.11 Å². The molecular formula is C16H18ClNO2S. The highest BCUT2D eigenvalue weighted by atomic mass is 35.5. The maximum absolute atomic E-state index is 12.2. The number of benzene rings is 2. The zero-order valence-electron chi connectivity index (χ0n) is 11.8. The van der Waals surface area contributed by atoms with Gasteiger partial charge in [-0.25, -0.2) is 0 Å². The van der Waals surface area contributed by atoms with E-state index in [-0.39, 0.29) is 0 Å². The molecule has 0 fully saturated rings. The lowest BCUT2D eigenvalue weighted by atomic mass is 10.1. The molecule has 0 saturated carbocycles.